The average Bonchev–Trinajstić information content (AvgIpc) is 2.55. The second-order valence-corrected chi connectivity index (χ2v) is 7.93. The molecule has 1 aromatic rings. The maximum Gasteiger partial charge on any atom is 0.243 e. The molecule has 25 heavy (non-hydrogen) atoms. The fourth-order valence-electron chi connectivity index (χ4n) is 2.96. The number of hydrogen-bond acceptors (Lipinski definition) is 6. The van der Waals surface area contributed by atoms with Crippen LogP contribution in [-0.4, -0.2) is 36.4 Å². The van der Waals surface area contributed by atoms with Crippen molar-refractivity contribution in [1.29, 1.82) is 10.7 Å². The number of sulfonamides is 1. The Kier molecular flexibility index (Phi) is 5.77. The molecule has 1 fully saturated rings. The van der Waals surface area contributed by atoms with Gasteiger partial charge in [0.25, 0.3) is 0 Å². The number of piperidine rings is 1. The van der Waals surface area contributed by atoms with E-state index >= 15 is 0 Å². The number of nitrogens with zero attached hydrogens (tertiary/aromatic N) is 3. The van der Waals surface area contributed by atoms with Crippen LogP contribution in [0.15, 0.2) is 34.3 Å². The molecule has 1 aliphatic heterocycles. The van der Waals surface area contributed by atoms with Crippen molar-refractivity contribution in [3.05, 3.63) is 24.3 Å². The van der Waals surface area contributed by atoms with Crippen LogP contribution in [0.3, 0.4) is 0 Å². The summed E-state index contributed by atoms with van der Waals surface area (Å²) in [5.74, 6) is -0.442. The second-order valence-electron chi connectivity index (χ2n) is 6.09. The molecule has 0 aromatic heterocycles. The van der Waals surface area contributed by atoms with E-state index in [4.69, 9.17) is 16.4 Å². The second kappa shape index (κ2) is 7.63. The van der Waals surface area contributed by atoms with Crippen molar-refractivity contribution in [2.75, 3.05) is 5.43 Å². The predicted molar refractivity (Wildman–Crippen MR) is 96.8 cm³/mol. The lowest BCUT2D eigenvalue weighted by atomic mass is 10.0. The van der Waals surface area contributed by atoms with Gasteiger partial charge in [0.1, 0.15) is 6.07 Å². The summed E-state index contributed by atoms with van der Waals surface area (Å²) in [5.41, 5.74) is 8.05. The average molecular weight is 362 g/mol. The number of rotatable bonds is 5. The molecule has 4 N–H and O–H groups in total. The first-order chi connectivity index (χ1) is 11.8. The minimum atomic E-state index is -3.56. The zero-order valence-corrected chi connectivity index (χ0v) is 15.0. The molecule has 2 unspecified atom stereocenters. The summed E-state index contributed by atoms with van der Waals surface area (Å²) in [4.78, 5) is 0.217. The van der Waals surface area contributed by atoms with Crippen molar-refractivity contribution in [3.8, 4) is 6.07 Å². The monoisotopic (exact) mass is 362 g/mol. The highest BCUT2D eigenvalue weighted by Gasteiger charge is 2.35. The molecular formula is C16H22N6O2S. The normalized spacial score (nSPS) is 22.2. The summed E-state index contributed by atoms with van der Waals surface area (Å²) >= 11 is 0. The van der Waals surface area contributed by atoms with Crippen molar-refractivity contribution in [1.82, 2.24) is 4.31 Å². The van der Waals surface area contributed by atoms with Crippen molar-refractivity contribution in [3.63, 3.8) is 0 Å². The van der Waals surface area contributed by atoms with Gasteiger partial charge in [0.2, 0.25) is 15.7 Å². The third-order valence-corrected chi connectivity index (χ3v) is 6.34. The number of anilines is 1. The van der Waals surface area contributed by atoms with Crippen molar-refractivity contribution >= 4 is 27.3 Å². The molecule has 2 rings (SSSR count). The van der Waals surface area contributed by atoms with E-state index < -0.39 is 15.9 Å². The maximum absolute atomic E-state index is 12.9. The van der Waals surface area contributed by atoms with Crippen LogP contribution in [-0.2, 0) is 10.0 Å². The fourth-order valence-corrected chi connectivity index (χ4v) is 4.84. The molecule has 1 aromatic carbocycles. The van der Waals surface area contributed by atoms with Crippen LogP contribution in [0.1, 0.15) is 33.1 Å². The van der Waals surface area contributed by atoms with Crippen LogP contribution in [0, 0.1) is 16.7 Å². The highest BCUT2D eigenvalue weighted by Crippen LogP contribution is 2.29. The smallest absolute Gasteiger partial charge is 0.243 e. The minimum Gasteiger partial charge on any atom is -0.382 e. The quantitative estimate of drug-likeness (QED) is 0.417. The van der Waals surface area contributed by atoms with E-state index in [1.165, 1.54) is 12.1 Å². The fraction of sp³-hybridized carbons (Fsp3) is 0.438. The third-order valence-electron chi connectivity index (χ3n) is 4.20. The van der Waals surface area contributed by atoms with Crippen LogP contribution in [0.2, 0.25) is 0 Å². The Morgan fingerprint density at radius 2 is 1.88 bits per heavy atom. The molecule has 8 nitrogen and oxygen atoms in total. The molecule has 0 bridgehead atoms. The van der Waals surface area contributed by atoms with Gasteiger partial charge < -0.3 is 5.73 Å². The molecule has 0 spiro atoms. The lowest BCUT2D eigenvalue weighted by Gasteiger charge is -2.37. The number of amidine groups is 1. The number of nitrogens with two attached hydrogens (primary N) is 1. The van der Waals surface area contributed by atoms with Crippen molar-refractivity contribution < 1.29 is 8.42 Å². The SMILES string of the molecule is CC1CCCC(C)N1S(=O)(=O)c1ccc(N/N=C(\C#N)C(=N)N)cc1. The summed E-state index contributed by atoms with van der Waals surface area (Å²) in [6.07, 6.45) is 2.76. The van der Waals surface area contributed by atoms with Crippen LogP contribution in [0.5, 0.6) is 0 Å². The Morgan fingerprint density at radius 1 is 1.32 bits per heavy atom. The van der Waals surface area contributed by atoms with Gasteiger partial charge >= 0.3 is 0 Å². The molecule has 1 aliphatic rings. The summed E-state index contributed by atoms with van der Waals surface area (Å²) in [6.45, 7) is 3.87. The third kappa shape index (κ3) is 4.15. The van der Waals surface area contributed by atoms with Crippen molar-refractivity contribution in [2.45, 2.75) is 50.1 Å². The van der Waals surface area contributed by atoms with Crippen LogP contribution in [0.25, 0.3) is 0 Å². The van der Waals surface area contributed by atoms with Gasteiger partial charge in [0.15, 0.2) is 5.84 Å². The number of nitrogens with one attached hydrogen (secondary N) is 2. The van der Waals surface area contributed by atoms with Gasteiger partial charge in [-0.25, -0.2) is 8.42 Å². The van der Waals surface area contributed by atoms with E-state index in [0.717, 1.165) is 19.3 Å². The van der Waals surface area contributed by atoms with Gasteiger partial charge in [0, 0.05) is 12.1 Å². The first kappa shape index (κ1) is 18.9. The van der Waals surface area contributed by atoms with E-state index in [0.29, 0.717) is 5.69 Å². The number of hydrazone groups is 1. The van der Waals surface area contributed by atoms with Crippen LogP contribution >= 0.6 is 0 Å². The Bertz CT molecular complexity index is 800. The molecule has 1 heterocycles. The van der Waals surface area contributed by atoms with E-state index in [-0.39, 0.29) is 22.7 Å². The number of nitriles is 1. The minimum absolute atomic E-state index is 0.0232. The Hall–Kier alpha value is -2.44. The number of benzene rings is 1. The van der Waals surface area contributed by atoms with Gasteiger partial charge in [-0.15, -0.1) is 0 Å². The van der Waals surface area contributed by atoms with E-state index in [9.17, 15) is 8.42 Å². The van der Waals surface area contributed by atoms with Gasteiger partial charge in [-0.3, -0.25) is 10.8 Å². The summed E-state index contributed by atoms with van der Waals surface area (Å²) in [5, 5.41) is 19.7. The van der Waals surface area contributed by atoms with E-state index in [1.807, 2.05) is 13.8 Å². The zero-order chi connectivity index (χ0) is 18.6. The molecule has 134 valence electrons. The summed E-state index contributed by atoms with van der Waals surface area (Å²) < 4.78 is 27.4. The molecule has 0 saturated carbocycles. The predicted octanol–water partition coefficient (Wildman–Crippen LogP) is 1.87. The van der Waals surface area contributed by atoms with Gasteiger partial charge in [-0.2, -0.15) is 14.7 Å². The standard InChI is InChI=1S/C16H22N6O2S/c1-11-4-3-5-12(2)22(11)25(23,24)14-8-6-13(7-9-14)20-21-15(10-17)16(18)19/h6-9,11-12,20H,3-5H2,1-2H3,(H3,18,19)/b21-15+. The van der Waals surface area contributed by atoms with Gasteiger partial charge in [-0.05, 0) is 51.0 Å². The highest BCUT2D eigenvalue weighted by atomic mass is 32.2. The van der Waals surface area contributed by atoms with Crippen LogP contribution < -0.4 is 11.2 Å². The molecule has 0 radical (unpaired) electrons. The lowest BCUT2D eigenvalue weighted by Crippen LogP contribution is -2.47. The van der Waals surface area contributed by atoms with E-state index in [1.54, 1.807) is 22.5 Å². The Morgan fingerprint density at radius 3 is 2.36 bits per heavy atom. The van der Waals surface area contributed by atoms with E-state index in [2.05, 4.69) is 10.5 Å². The van der Waals surface area contributed by atoms with Crippen LogP contribution in [0.4, 0.5) is 5.69 Å². The Balaban J connectivity index is 2.21. The number of hydrogen-bond donors (Lipinski definition) is 3. The van der Waals surface area contributed by atoms with Crippen molar-refractivity contribution in [2.24, 2.45) is 10.8 Å². The lowest BCUT2D eigenvalue weighted by molar-refractivity contribution is 0.204. The first-order valence-electron chi connectivity index (χ1n) is 7.99. The molecule has 0 amide bonds. The topological polar surface area (TPSA) is 135 Å². The molecule has 1 saturated heterocycles. The first-order valence-corrected chi connectivity index (χ1v) is 9.43. The molecule has 2 atom stereocenters. The molecular weight excluding hydrogens is 340 g/mol. The molecule has 9 heteroatoms. The highest BCUT2D eigenvalue weighted by molar-refractivity contribution is 7.89. The zero-order valence-electron chi connectivity index (χ0n) is 14.2. The Labute approximate surface area is 147 Å². The summed E-state index contributed by atoms with van der Waals surface area (Å²) in [7, 11) is -3.56. The molecule has 0 aliphatic carbocycles. The largest absolute Gasteiger partial charge is 0.382 e. The van der Waals surface area contributed by atoms with Gasteiger partial charge in [-0.1, -0.05) is 6.42 Å². The summed E-state index contributed by atoms with van der Waals surface area (Å²) in [6, 6.07) is 7.77. The van der Waals surface area contributed by atoms with Gasteiger partial charge in [0.05, 0.1) is 10.6 Å². The maximum atomic E-state index is 12.9.